The minimum Gasteiger partial charge on any atom is -0.258 e. The van der Waals surface area contributed by atoms with Gasteiger partial charge in [-0.3, -0.25) is 15.5 Å². The van der Waals surface area contributed by atoms with Gasteiger partial charge in [0.25, 0.3) is 0 Å². The van der Waals surface area contributed by atoms with Crippen molar-refractivity contribution in [3.8, 4) is 11.3 Å². The summed E-state index contributed by atoms with van der Waals surface area (Å²) in [7, 11) is 0. The molecule has 0 radical (unpaired) electrons. The van der Waals surface area contributed by atoms with Gasteiger partial charge in [0.2, 0.25) is 5.13 Å². The number of rotatable bonds is 5. The molecule has 3 rings (SSSR count). The molecule has 0 saturated heterocycles. The zero-order valence-corrected chi connectivity index (χ0v) is 13.9. The predicted molar refractivity (Wildman–Crippen MR) is 94.8 cm³/mol. The van der Waals surface area contributed by atoms with Gasteiger partial charge in [0.05, 0.1) is 21.7 Å². The molecule has 2 heterocycles. The fraction of sp³-hybridized carbons (Fsp3) is 0. The third kappa shape index (κ3) is 3.92. The van der Waals surface area contributed by atoms with Gasteiger partial charge >= 0.3 is 5.00 Å². The average Bonchev–Trinajstić information content (AvgIpc) is 3.18. The summed E-state index contributed by atoms with van der Waals surface area (Å²) in [5.74, 6) is 0. The summed E-state index contributed by atoms with van der Waals surface area (Å²) in [5.41, 5.74) is 4.62. The Morgan fingerprint density at radius 3 is 2.74 bits per heavy atom. The van der Waals surface area contributed by atoms with Crippen LogP contribution < -0.4 is 5.43 Å². The summed E-state index contributed by atoms with van der Waals surface area (Å²) in [6.45, 7) is 0. The number of thiophene rings is 1. The van der Waals surface area contributed by atoms with Crippen LogP contribution in [0.3, 0.4) is 0 Å². The number of anilines is 1. The van der Waals surface area contributed by atoms with Gasteiger partial charge in [0.15, 0.2) is 0 Å². The Balaban J connectivity index is 1.65. The number of aromatic nitrogens is 1. The maximum atomic E-state index is 10.6. The number of hydrogen-bond donors (Lipinski definition) is 1. The first-order chi connectivity index (χ1) is 11.1. The molecule has 0 aliphatic rings. The van der Waals surface area contributed by atoms with Crippen LogP contribution in [0.2, 0.25) is 5.02 Å². The van der Waals surface area contributed by atoms with E-state index in [0.717, 1.165) is 22.6 Å². The van der Waals surface area contributed by atoms with Crippen molar-refractivity contribution >= 4 is 50.6 Å². The molecular weight excluding hydrogens is 356 g/mol. The van der Waals surface area contributed by atoms with Crippen LogP contribution >= 0.6 is 34.3 Å². The number of thiazole rings is 1. The SMILES string of the molecule is O=[N+]([O-])c1ccc(/C=N/Nc2nc(-c3ccc(Cl)cc3)cs2)s1. The molecule has 6 nitrogen and oxygen atoms in total. The van der Waals surface area contributed by atoms with Gasteiger partial charge in [-0.1, -0.05) is 35.1 Å². The minimum atomic E-state index is -0.422. The Hall–Kier alpha value is -2.29. The molecule has 0 aliphatic heterocycles. The Morgan fingerprint density at radius 1 is 1.26 bits per heavy atom. The smallest absolute Gasteiger partial charge is 0.258 e. The lowest BCUT2D eigenvalue weighted by Crippen LogP contribution is -1.88. The lowest BCUT2D eigenvalue weighted by molar-refractivity contribution is -0.380. The number of nitrogens with one attached hydrogen (secondary N) is 1. The molecule has 9 heteroatoms. The van der Waals surface area contributed by atoms with Crippen molar-refractivity contribution in [2.24, 2.45) is 5.10 Å². The van der Waals surface area contributed by atoms with Gasteiger partial charge < -0.3 is 0 Å². The van der Waals surface area contributed by atoms with Crippen molar-refractivity contribution in [3.05, 3.63) is 61.8 Å². The van der Waals surface area contributed by atoms with Crippen LogP contribution in [-0.4, -0.2) is 16.1 Å². The number of nitrogens with zero attached hydrogens (tertiary/aromatic N) is 3. The zero-order valence-electron chi connectivity index (χ0n) is 11.5. The van der Waals surface area contributed by atoms with E-state index >= 15 is 0 Å². The molecule has 0 saturated carbocycles. The summed E-state index contributed by atoms with van der Waals surface area (Å²) in [6, 6.07) is 10.5. The van der Waals surface area contributed by atoms with E-state index in [2.05, 4.69) is 15.5 Å². The largest absolute Gasteiger partial charge is 0.324 e. The van der Waals surface area contributed by atoms with Gasteiger partial charge in [0, 0.05) is 22.0 Å². The van der Waals surface area contributed by atoms with Crippen LogP contribution in [0.5, 0.6) is 0 Å². The first kappa shape index (κ1) is 15.6. The fourth-order valence-electron chi connectivity index (χ4n) is 1.74. The summed E-state index contributed by atoms with van der Waals surface area (Å²) >= 11 is 8.34. The normalized spacial score (nSPS) is 11.0. The van der Waals surface area contributed by atoms with E-state index in [1.165, 1.54) is 23.6 Å². The Kier molecular flexibility index (Phi) is 4.65. The van der Waals surface area contributed by atoms with Gasteiger partial charge in [-0.15, -0.1) is 11.3 Å². The monoisotopic (exact) mass is 364 g/mol. The molecule has 23 heavy (non-hydrogen) atoms. The van der Waals surface area contributed by atoms with E-state index < -0.39 is 4.92 Å². The summed E-state index contributed by atoms with van der Waals surface area (Å²) in [5, 5.41) is 18.0. The molecule has 1 N–H and O–H groups in total. The Morgan fingerprint density at radius 2 is 2.04 bits per heavy atom. The second-order valence-corrected chi connectivity index (χ2v) is 6.74. The van der Waals surface area contributed by atoms with E-state index in [9.17, 15) is 10.1 Å². The van der Waals surface area contributed by atoms with E-state index in [1.807, 2.05) is 29.6 Å². The maximum Gasteiger partial charge on any atom is 0.324 e. The van der Waals surface area contributed by atoms with Crippen LogP contribution in [0.1, 0.15) is 4.88 Å². The van der Waals surface area contributed by atoms with Crippen LogP contribution in [-0.2, 0) is 0 Å². The molecule has 0 aliphatic carbocycles. The molecule has 0 bridgehead atoms. The number of hydrazone groups is 1. The number of halogens is 1. The topological polar surface area (TPSA) is 80.4 Å². The highest BCUT2D eigenvalue weighted by Gasteiger charge is 2.08. The van der Waals surface area contributed by atoms with Crippen LogP contribution in [0.15, 0.2) is 46.9 Å². The molecule has 2 aromatic heterocycles. The van der Waals surface area contributed by atoms with Gasteiger partial charge in [0.1, 0.15) is 0 Å². The number of benzene rings is 1. The van der Waals surface area contributed by atoms with Crippen molar-refractivity contribution < 1.29 is 4.92 Å². The van der Waals surface area contributed by atoms with Crippen molar-refractivity contribution in [3.63, 3.8) is 0 Å². The third-order valence-corrected chi connectivity index (χ3v) is 4.76. The highest BCUT2D eigenvalue weighted by atomic mass is 35.5. The van der Waals surface area contributed by atoms with E-state index in [4.69, 9.17) is 11.6 Å². The van der Waals surface area contributed by atoms with Crippen molar-refractivity contribution in [2.75, 3.05) is 5.43 Å². The summed E-state index contributed by atoms with van der Waals surface area (Å²) in [4.78, 5) is 15.3. The predicted octanol–water partition coefficient (Wildman–Crippen LogP) is 4.88. The minimum absolute atomic E-state index is 0.0886. The second kappa shape index (κ2) is 6.86. The lowest BCUT2D eigenvalue weighted by atomic mass is 10.2. The molecule has 3 aromatic rings. The van der Waals surface area contributed by atoms with Gasteiger partial charge in [-0.2, -0.15) is 5.10 Å². The van der Waals surface area contributed by atoms with Crippen LogP contribution in [0.4, 0.5) is 10.1 Å². The highest BCUT2D eigenvalue weighted by molar-refractivity contribution is 7.16. The second-order valence-electron chi connectivity index (χ2n) is 4.35. The van der Waals surface area contributed by atoms with Gasteiger partial charge in [-0.05, 0) is 18.2 Å². The molecule has 0 fully saturated rings. The van der Waals surface area contributed by atoms with E-state index in [-0.39, 0.29) is 5.00 Å². The van der Waals surface area contributed by atoms with E-state index in [0.29, 0.717) is 15.0 Å². The maximum absolute atomic E-state index is 10.6. The van der Waals surface area contributed by atoms with Crippen LogP contribution in [0.25, 0.3) is 11.3 Å². The summed E-state index contributed by atoms with van der Waals surface area (Å²) in [6.07, 6.45) is 1.53. The zero-order chi connectivity index (χ0) is 16.2. The lowest BCUT2D eigenvalue weighted by Gasteiger charge is -1.96. The molecular formula is C14H9ClN4O2S2. The van der Waals surface area contributed by atoms with Crippen molar-refractivity contribution in [2.45, 2.75) is 0 Å². The van der Waals surface area contributed by atoms with Crippen molar-refractivity contribution in [1.82, 2.24) is 4.98 Å². The van der Waals surface area contributed by atoms with E-state index in [1.54, 1.807) is 6.07 Å². The summed E-state index contributed by atoms with van der Waals surface area (Å²) < 4.78 is 0. The molecule has 116 valence electrons. The first-order valence-electron chi connectivity index (χ1n) is 6.36. The molecule has 0 amide bonds. The molecule has 1 aromatic carbocycles. The molecule has 0 spiro atoms. The quantitative estimate of drug-likeness (QED) is 0.397. The first-order valence-corrected chi connectivity index (χ1v) is 8.44. The van der Waals surface area contributed by atoms with Gasteiger partial charge in [-0.25, -0.2) is 4.98 Å². The third-order valence-electron chi connectivity index (χ3n) is 2.79. The number of nitro groups is 1. The fourth-order valence-corrected chi connectivity index (χ4v) is 3.23. The molecule has 0 unspecified atom stereocenters. The Bertz CT molecular complexity index is 858. The Labute approximate surface area is 144 Å². The average molecular weight is 365 g/mol. The standard InChI is InChI=1S/C14H9ClN4O2S2/c15-10-3-1-9(2-4-10)12-8-22-14(17-12)18-16-7-11-5-6-13(23-11)19(20)21/h1-8H,(H,17,18)/b16-7+. The molecule has 0 atom stereocenters. The van der Waals surface area contributed by atoms with Crippen molar-refractivity contribution in [1.29, 1.82) is 0 Å². The van der Waals surface area contributed by atoms with Crippen LogP contribution in [0, 0.1) is 10.1 Å². The highest BCUT2D eigenvalue weighted by Crippen LogP contribution is 2.26. The number of hydrogen-bond acceptors (Lipinski definition) is 7.